The molecule has 0 saturated heterocycles. The summed E-state index contributed by atoms with van der Waals surface area (Å²) in [5.74, 6) is 0. The molecule has 0 aromatic carbocycles. The van der Waals surface area contributed by atoms with Crippen LogP contribution in [-0.2, 0) is 9.47 Å². The second-order valence-corrected chi connectivity index (χ2v) is 5.73. The molecular weight excluding hydrogens is 212 g/mol. The van der Waals surface area contributed by atoms with Crippen molar-refractivity contribution in [1.82, 2.24) is 0 Å². The molecule has 0 aromatic rings. The molecule has 0 unspecified atom stereocenters. The normalized spacial score (nSPS) is 11.5. The van der Waals surface area contributed by atoms with Gasteiger partial charge in [0.05, 0.1) is 19.8 Å². The summed E-state index contributed by atoms with van der Waals surface area (Å²) in [6.07, 6.45) is 2.18. The summed E-state index contributed by atoms with van der Waals surface area (Å²) in [4.78, 5) is 0. The predicted octanol–water partition coefficient (Wildman–Crippen LogP) is 3.98. The van der Waals surface area contributed by atoms with Crippen molar-refractivity contribution in [1.29, 1.82) is 0 Å². The zero-order valence-corrected chi connectivity index (χ0v) is 12.0. The summed E-state index contributed by atoms with van der Waals surface area (Å²) >= 11 is 0. The predicted molar refractivity (Wildman–Crippen MR) is 74.3 cm³/mol. The topological polar surface area (TPSA) is 18.5 Å². The van der Waals surface area contributed by atoms with Crippen molar-refractivity contribution >= 4 is 0 Å². The standard InChI is InChI=1S/C15H28O2/c1-13(2)10-16-9-7-8-15(5,6)12-17-11-14(3)4/h1,3,7-12H2,2,4-6H3. The van der Waals surface area contributed by atoms with Crippen LogP contribution in [0.3, 0.4) is 0 Å². The van der Waals surface area contributed by atoms with E-state index < -0.39 is 0 Å². The Morgan fingerprint density at radius 1 is 1.00 bits per heavy atom. The summed E-state index contributed by atoms with van der Waals surface area (Å²) in [6, 6.07) is 0. The van der Waals surface area contributed by atoms with E-state index in [0.717, 1.165) is 37.2 Å². The van der Waals surface area contributed by atoms with Gasteiger partial charge in [0, 0.05) is 6.61 Å². The van der Waals surface area contributed by atoms with Gasteiger partial charge < -0.3 is 9.47 Å². The first kappa shape index (κ1) is 16.4. The van der Waals surface area contributed by atoms with Crippen LogP contribution in [0.5, 0.6) is 0 Å². The molecule has 0 radical (unpaired) electrons. The van der Waals surface area contributed by atoms with Gasteiger partial charge in [-0.3, -0.25) is 0 Å². The van der Waals surface area contributed by atoms with Crippen molar-refractivity contribution < 1.29 is 9.47 Å². The maximum Gasteiger partial charge on any atom is 0.0671 e. The minimum absolute atomic E-state index is 0.210. The van der Waals surface area contributed by atoms with Gasteiger partial charge in [0.25, 0.3) is 0 Å². The molecule has 0 aliphatic carbocycles. The molecule has 0 heterocycles. The first-order valence-corrected chi connectivity index (χ1v) is 6.28. The molecule has 0 N–H and O–H groups in total. The lowest BCUT2D eigenvalue weighted by atomic mass is 9.89. The summed E-state index contributed by atoms with van der Waals surface area (Å²) < 4.78 is 11.1. The Morgan fingerprint density at radius 2 is 1.53 bits per heavy atom. The van der Waals surface area contributed by atoms with E-state index in [1.165, 1.54) is 0 Å². The van der Waals surface area contributed by atoms with Gasteiger partial charge in [0.2, 0.25) is 0 Å². The van der Waals surface area contributed by atoms with Crippen molar-refractivity contribution in [3.8, 4) is 0 Å². The molecule has 100 valence electrons. The molecular formula is C15H28O2. The Hall–Kier alpha value is -0.600. The third-order valence-electron chi connectivity index (χ3n) is 2.33. The van der Waals surface area contributed by atoms with Crippen LogP contribution < -0.4 is 0 Å². The molecule has 17 heavy (non-hydrogen) atoms. The zero-order chi connectivity index (χ0) is 13.3. The molecule has 0 spiro atoms. The molecule has 0 atom stereocenters. The van der Waals surface area contributed by atoms with Crippen LogP contribution in [0.1, 0.15) is 40.5 Å². The van der Waals surface area contributed by atoms with Crippen molar-refractivity contribution in [2.45, 2.75) is 40.5 Å². The van der Waals surface area contributed by atoms with E-state index in [1.54, 1.807) is 0 Å². The highest BCUT2D eigenvalue weighted by Crippen LogP contribution is 2.22. The van der Waals surface area contributed by atoms with Gasteiger partial charge in [-0.05, 0) is 32.1 Å². The summed E-state index contributed by atoms with van der Waals surface area (Å²) in [7, 11) is 0. The van der Waals surface area contributed by atoms with Gasteiger partial charge in [-0.25, -0.2) is 0 Å². The third-order valence-corrected chi connectivity index (χ3v) is 2.33. The average Bonchev–Trinajstić information content (AvgIpc) is 2.15. The van der Waals surface area contributed by atoms with Gasteiger partial charge in [-0.15, -0.1) is 0 Å². The Balaban J connectivity index is 3.56. The molecule has 0 fully saturated rings. The minimum Gasteiger partial charge on any atom is -0.377 e. The SMILES string of the molecule is C=C(C)COCCCC(C)(C)COCC(=C)C. The molecule has 0 saturated carbocycles. The lowest BCUT2D eigenvalue weighted by Gasteiger charge is -2.24. The molecule has 0 aromatic heterocycles. The highest BCUT2D eigenvalue weighted by Gasteiger charge is 2.17. The minimum atomic E-state index is 0.210. The quantitative estimate of drug-likeness (QED) is 0.425. The van der Waals surface area contributed by atoms with Gasteiger partial charge in [0.1, 0.15) is 0 Å². The van der Waals surface area contributed by atoms with Crippen LogP contribution in [0.4, 0.5) is 0 Å². The van der Waals surface area contributed by atoms with Gasteiger partial charge in [-0.2, -0.15) is 0 Å². The summed E-state index contributed by atoms with van der Waals surface area (Å²) in [6.45, 7) is 19.0. The monoisotopic (exact) mass is 240 g/mol. The van der Waals surface area contributed by atoms with Crippen molar-refractivity contribution in [2.24, 2.45) is 5.41 Å². The molecule has 0 aliphatic heterocycles. The first-order chi connectivity index (χ1) is 7.83. The molecule has 2 nitrogen and oxygen atoms in total. The fraction of sp³-hybridized carbons (Fsp3) is 0.733. The van der Waals surface area contributed by atoms with E-state index in [1.807, 2.05) is 13.8 Å². The zero-order valence-electron chi connectivity index (χ0n) is 12.0. The maximum atomic E-state index is 5.60. The average molecular weight is 240 g/mol. The van der Waals surface area contributed by atoms with Crippen molar-refractivity contribution in [2.75, 3.05) is 26.4 Å². The van der Waals surface area contributed by atoms with E-state index in [4.69, 9.17) is 9.47 Å². The fourth-order valence-electron chi connectivity index (χ4n) is 1.47. The first-order valence-electron chi connectivity index (χ1n) is 6.28. The number of rotatable bonds is 10. The highest BCUT2D eigenvalue weighted by molar-refractivity contribution is 4.88. The molecule has 0 rings (SSSR count). The third kappa shape index (κ3) is 11.7. The molecule has 2 heteroatoms. The highest BCUT2D eigenvalue weighted by atomic mass is 16.5. The number of hydrogen-bond donors (Lipinski definition) is 0. The van der Waals surface area contributed by atoms with E-state index in [0.29, 0.717) is 13.2 Å². The van der Waals surface area contributed by atoms with Crippen LogP contribution in [0, 0.1) is 5.41 Å². The van der Waals surface area contributed by atoms with Gasteiger partial charge in [0.15, 0.2) is 0 Å². The Morgan fingerprint density at radius 3 is 2.06 bits per heavy atom. The van der Waals surface area contributed by atoms with E-state index in [-0.39, 0.29) is 5.41 Å². The lowest BCUT2D eigenvalue weighted by Crippen LogP contribution is -2.20. The summed E-state index contributed by atoms with van der Waals surface area (Å²) in [5.41, 5.74) is 2.36. The molecule has 0 bridgehead atoms. The van der Waals surface area contributed by atoms with Gasteiger partial charge in [-0.1, -0.05) is 38.2 Å². The number of ether oxygens (including phenoxy) is 2. The van der Waals surface area contributed by atoms with Crippen LogP contribution in [0.25, 0.3) is 0 Å². The van der Waals surface area contributed by atoms with E-state index in [2.05, 4.69) is 27.0 Å². The number of hydrogen-bond acceptors (Lipinski definition) is 2. The fourth-order valence-corrected chi connectivity index (χ4v) is 1.47. The van der Waals surface area contributed by atoms with Crippen LogP contribution in [0.15, 0.2) is 24.3 Å². The van der Waals surface area contributed by atoms with E-state index in [9.17, 15) is 0 Å². The largest absolute Gasteiger partial charge is 0.377 e. The van der Waals surface area contributed by atoms with E-state index >= 15 is 0 Å². The smallest absolute Gasteiger partial charge is 0.0671 e. The van der Waals surface area contributed by atoms with Crippen LogP contribution >= 0.6 is 0 Å². The summed E-state index contributed by atoms with van der Waals surface area (Å²) in [5, 5.41) is 0. The lowest BCUT2D eigenvalue weighted by molar-refractivity contribution is 0.0623. The second-order valence-electron chi connectivity index (χ2n) is 5.73. The Kier molecular flexibility index (Phi) is 8.19. The van der Waals surface area contributed by atoms with Gasteiger partial charge >= 0.3 is 0 Å². The van der Waals surface area contributed by atoms with Crippen molar-refractivity contribution in [3.05, 3.63) is 24.3 Å². The van der Waals surface area contributed by atoms with Crippen molar-refractivity contribution in [3.63, 3.8) is 0 Å². The van der Waals surface area contributed by atoms with Crippen LogP contribution in [0.2, 0.25) is 0 Å². The Bertz CT molecular complexity index is 241. The van der Waals surface area contributed by atoms with Crippen LogP contribution in [-0.4, -0.2) is 26.4 Å². The maximum absolute atomic E-state index is 5.60. The second kappa shape index (κ2) is 8.48. The molecule has 0 aliphatic rings. The Labute approximate surface area is 107 Å². The molecule has 0 amide bonds.